The summed E-state index contributed by atoms with van der Waals surface area (Å²) in [5.74, 6) is 3.32. The Morgan fingerprint density at radius 2 is 1.04 bits per heavy atom. The molecule has 2 aliphatic heterocycles. The van der Waals surface area contributed by atoms with Crippen LogP contribution in [0.2, 0.25) is 0 Å². The third-order valence-corrected chi connectivity index (χ3v) is 8.51. The monoisotopic (exact) mass is 652 g/mol. The predicted molar refractivity (Wildman–Crippen MR) is 172 cm³/mol. The highest BCUT2D eigenvalue weighted by molar-refractivity contribution is 7.43. The number of fused-ring (bicyclic) bond motifs is 2. The zero-order valence-electron chi connectivity index (χ0n) is 24.2. The average Bonchev–Trinajstić information content (AvgIpc) is 3.10. The van der Waals surface area contributed by atoms with E-state index < -0.39 is 17.2 Å². The van der Waals surface area contributed by atoms with Crippen LogP contribution >= 0.6 is 17.2 Å². The second-order valence-electron chi connectivity index (χ2n) is 9.70. The minimum Gasteiger partial charge on any atom is -0.449 e. The molecule has 5 aromatic rings. The molecule has 230 valence electrons. The molecule has 2 aromatic carbocycles. The quantitative estimate of drug-likeness (QED) is 0.119. The summed E-state index contributed by atoms with van der Waals surface area (Å²) in [5.41, 5.74) is 1.83. The van der Waals surface area contributed by atoms with E-state index in [4.69, 9.17) is 31.9 Å². The van der Waals surface area contributed by atoms with Crippen LogP contribution in [0, 0.1) is 0 Å². The lowest BCUT2D eigenvalue weighted by Gasteiger charge is -2.26. The Morgan fingerprint density at radius 1 is 0.522 bits per heavy atom. The van der Waals surface area contributed by atoms with Crippen LogP contribution in [0.3, 0.4) is 0 Å². The summed E-state index contributed by atoms with van der Waals surface area (Å²) in [7, 11) is -4.04. The van der Waals surface area contributed by atoms with Crippen molar-refractivity contribution in [2.24, 2.45) is 4.99 Å². The molecule has 0 fully saturated rings. The number of allylic oxidation sites excluding steroid dienone is 1. The standard InChI is InChI=1S/C33H26N4O7P2/c1-5-19-34-28(15-1)41-45(42-29-16-2-6-20-35-29)39-26-13-9-11-24-23-25-12-10-14-27(33(25)38-32(24)26)40-46(43-30-17-3-7-21-36-30)44-31-18-4-8-22-37-31/h1-3,5-7,9-22H,4,8,23H2. The van der Waals surface area contributed by atoms with Gasteiger partial charge in [0.2, 0.25) is 23.5 Å². The van der Waals surface area contributed by atoms with Gasteiger partial charge in [0.05, 0.1) is 0 Å². The number of aliphatic imine (C=N–C) groups is 1. The number of ether oxygens (including phenoxy) is 1. The van der Waals surface area contributed by atoms with Crippen LogP contribution in [0.15, 0.2) is 127 Å². The van der Waals surface area contributed by atoms with E-state index in [0.717, 1.165) is 24.0 Å². The Kier molecular flexibility index (Phi) is 9.12. The molecule has 46 heavy (non-hydrogen) atoms. The maximum Gasteiger partial charge on any atom is 0.532 e. The highest BCUT2D eigenvalue weighted by Crippen LogP contribution is 2.53. The maximum atomic E-state index is 6.54. The summed E-state index contributed by atoms with van der Waals surface area (Å²) in [4.78, 5) is 17.1. The van der Waals surface area contributed by atoms with Gasteiger partial charge in [-0.25, -0.2) is 19.9 Å². The smallest absolute Gasteiger partial charge is 0.449 e. The molecule has 0 radical (unpaired) electrons. The lowest BCUT2D eigenvalue weighted by molar-refractivity contribution is 0.316. The Bertz CT molecular complexity index is 1790. The second kappa shape index (κ2) is 14.2. The van der Waals surface area contributed by atoms with Gasteiger partial charge in [0, 0.05) is 60.6 Å². The summed E-state index contributed by atoms with van der Waals surface area (Å²) < 4.78 is 43.4. The number of aromatic nitrogens is 3. The number of rotatable bonds is 12. The molecule has 11 nitrogen and oxygen atoms in total. The van der Waals surface area contributed by atoms with Crippen LogP contribution in [-0.2, 0) is 10.9 Å². The van der Waals surface area contributed by atoms with Crippen molar-refractivity contribution < 1.29 is 31.9 Å². The predicted octanol–water partition coefficient (Wildman–Crippen LogP) is 8.74. The van der Waals surface area contributed by atoms with Gasteiger partial charge in [-0.3, -0.25) is 0 Å². The molecule has 0 spiro atoms. The van der Waals surface area contributed by atoms with Crippen LogP contribution < -0.4 is 27.4 Å². The van der Waals surface area contributed by atoms with Crippen molar-refractivity contribution in [3.63, 3.8) is 0 Å². The topological polar surface area (TPSA) is 116 Å². The number of hydrogen-bond acceptors (Lipinski definition) is 11. The molecule has 0 amide bonds. The molecular weight excluding hydrogens is 626 g/mol. The first-order chi connectivity index (χ1) is 22.8. The van der Waals surface area contributed by atoms with Gasteiger partial charge in [-0.05, 0) is 49.2 Å². The van der Waals surface area contributed by atoms with Crippen LogP contribution in [0.1, 0.15) is 24.0 Å². The lowest BCUT2D eigenvalue weighted by atomic mass is 10.00. The first-order valence-electron chi connectivity index (χ1n) is 14.3. The largest absolute Gasteiger partial charge is 0.532 e. The maximum absolute atomic E-state index is 6.54. The van der Waals surface area contributed by atoms with Crippen molar-refractivity contribution in [3.05, 3.63) is 133 Å². The first-order valence-corrected chi connectivity index (χ1v) is 16.5. The SMILES string of the molecule is C1=NC(OP(Oc2ccccn2)Oc2cccc3c2Oc2c(cccc2OP(Oc2ccccn2)Oc2ccccn2)C3)=CCC1. The van der Waals surface area contributed by atoms with Gasteiger partial charge in [0.1, 0.15) is 0 Å². The molecule has 0 saturated carbocycles. The summed E-state index contributed by atoms with van der Waals surface area (Å²) in [6.45, 7) is 0. The molecule has 1 unspecified atom stereocenters. The molecule has 0 aliphatic carbocycles. The van der Waals surface area contributed by atoms with Gasteiger partial charge >= 0.3 is 17.2 Å². The van der Waals surface area contributed by atoms with E-state index in [1.165, 1.54) is 0 Å². The van der Waals surface area contributed by atoms with Crippen LogP contribution in [0.25, 0.3) is 0 Å². The molecule has 2 aliphatic rings. The van der Waals surface area contributed by atoms with Crippen molar-refractivity contribution in [1.29, 1.82) is 0 Å². The van der Waals surface area contributed by atoms with E-state index in [0.29, 0.717) is 52.9 Å². The third kappa shape index (κ3) is 7.34. The molecule has 13 heteroatoms. The first kappa shape index (κ1) is 29.5. The Morgan fingerprint density at radius 3 is 1.50 bits per heavy atom. The number of hydrogen-bond donors (Lipinski definition) is 0. The van der Waals surface area contributed by atoms with Crippen molar-refractivity contribution >= 4 is 23.4 Å². The van der Waals surface area contributed by atoms with E-state index in [-0.39, 0.29) is 0 Å². The lowest BCUT2D eigenvalue weighted by Crippen LogP contribution is -2.09. The van der Waals surface area contributed by atoms with Crippen molar-refractivity contribution in [1.82, 2.24) is 15.0 Å². The molecule has 1 atom stereocenters. The molecule has 0 saturated heterocycles. The van der Waals surface area contributed by atoms with Gasteiger partial charge in [0.25, 0.3) is 0 Å². The molecule has 7 rings (SSSR count). The zero-order chi connectivity index (χ0) is 31.0. The fourth-order valence-corrected chi connectivity index (χ4v) is 6.30. The van der Waals surface area contributed by atoms with E-state index >= 15 is 0 Å². The van der Waals surface area contributed by atoms with E-state index in [9.17, 15) is 0 Å². The normalized spacial score (nSPS) is 13.7. The van der Waals surface area contributed by atoms with Crippen molar-refractivity contribution in [3.8, 4) is 40.6 Å². The molecular formula is C33H26N4O7P2. The highest BCUT2D eigenvalue weighted by Gasteiger charge is 2.30. The number of benzene rings is 2. The summed E-state index contributed by atoms with van der Waals surface area (Å²) >= 11 is 0. The van der Waals surface area contributed by atoms with Crippen molar-refractivity contribution in [2.75, 3.05) is 0 Å². The van der Waals surface area contributed by atoms with Gasteiger partial charge in [-0.15, -0.1) is 0 Å². The second-order valence-corrected chi connectivity index (χ2v) is 11.7. The Hall–Kier alpha value is -5.24. The van der Waals surface area contributed by atoms with Crippen LogP contribution in [-0.4, -0.2) is 21.2 Å². The highest BCUT2D eigenvalue weighted by atomic mass is 31.2. The summed E-state index contributed by atoms with van der Waals surface area (Å²) in [6.07, 6.45) is 10.8. The summed E-state index contributed by atoms with van der Waals surface area (Å²) in [5, 5.41) is 0. The molecule has 5 heterocycles. The van der Waals surface area contributed by atoms with Gasteiger partial charge in [0.15, 0.2) is 23.0 Å². The Labute approximate surface area is 267 Å². The zero-order valence-corrected chi connectivity index (χ0v) is 26.0. The molecule has 3 aromatic heterocycles. The van der Waals surface area contributed by atoms with Crippen LogP contribution in [0.4, 0.5) is 0 Å². The van der Waals surface area contributed by atoms with Crippen molar-refractivity contribution in [2.45, 2.75) is 19.3 Å². The van der Waals surface area contributed by atoms with Crippen LogP contribution in [0.5, 0.6) is 40.6 Å². The molecule has 0 bridgehead atoms. The number of nitrogens with zero attached hydrogens (tertiary/aromatic N) is 4. The summed E-state index contributed by atoms with van der Waals surface area (Å²) in [6, 6.07) is 27.4. The minimum atomic E-state index is -2.03. The average molecular weight is 653 g/mol. The Balaban J connectivity index is 1.16. The van der Waals surface area contributed by atoms with E-state index in [2.05, 4.69) is 19.9 Å². The van der Waals surface area contributed by atoms with Gasteiger partial charge in [-0.1, -0.05) is 42.5 Å². The third-order valence-electron chi connectivity index (χ3n) is 6.47. The van der Waals surface area contributed by atoms with E-state index in [1.807, 2.05) is 48.5 Å². The fourth-order valence-electron chi connectivity index (χ4n) is 4.41. The van der Waals surface area contributed by atoms with Gasteiger partial charge in [-0.2, -0.15) is 0 Å². The molecule has 0 N–H and O–H groups in total. The van der Waals surface area contributed by atoms with E-state index in [1.54, 1.807) is 73.3 Å². The van der Waals surface area contributed by atoms with Gasteiger partial charge < -0.3 is 31.9 Å². The number of para-hydroxylation sites is 2. The minimum absolute atomic E-state index is 0.343. The fraction of sp³-hybridized carbons (Fsp3) is 0.0909. The number of pyridine rings is 3.